The minimum atomic E-state index is -4.49. The van der Waals surface area contributed by atoms with Crippen molar-refractivity contribution in [3.05, 3.63) is 58.7 Å². The smallest absolute Gasteiger partial charge is 1.00 e. The molecule has 0 atom stereocenters. The first-order chi connectivity index (χ1) is 9.71. The average molecular weight is 330 g/mol. The maximum absolute atomic E-state index is 12.5. The van der Waals surface area contributed by atoms with Gasteiger partial charge in [-0.3, -0.25) is 9.35 Å². The second-order valence-corrected chi connectivity index (χ2v) is 6.14. The summed E-state index contributed by atoms with van der Waals surface area (Å²) >= 11 is 0. The number of phenols is 1. The first-order valence-corrected chi connectivity index (χ1v) is 7.57. The molecule has 5 nitrogen and oxygen atoms in total. The zero-order valence-corrected chi connectivity index (χ0v) is 15.3. The molecule has 0 aliphatic rings. The van der Waals surface area contributed by atoms with Crippen molar-refractivity contribution in [3.8, 4) is 5.75 Å². The van der Waals surface area contributed by atoms with Crippen molar-refractivity contribution in [2.24, 2.45) is 0 Å². The van der Waals surface area contributed by atoms with Crippen LogP contribution in [0.25, 0.3) is 0 Å². The fourth-order valence-electron chi connectivity index (χ4n) is 2.07. The van der Waals surface area contributed by atoms with Crippen LogP contribution < -0.4 is 29.6 Å². The zero-order valence-electron chi connectivity index (χ0n) is 13.5. The van der Waals surface area contributed by atoms with Crippen molar-refractivity contribution in [1.82, 2.24) is 0 Å². The number of ketones is 1. The van der Waals surface area contributed by atoms with Gasteiger partial charge in [-0.1, -0.05) is 12.1 Å². The van der Waals surface area contributed by atoms with Gasteiger partial charge in [-0.05, 0) is 49.2 Å². The Hall–Kier alpha value is -1.18. The molecular formula is C15H15NaO5S. The summed E-state index contributed by atoms with van der Waals surface area (Å²) in [6, 6.07) is 8.39. The van der Waals surface area contributed by atoms with E-state index in [4.69, 9.17) is 0 Å². The Morgan fingerprint density at radius 3 is 2.23 bits per heavy atom. The van der Waals surface area contributed by atoms with E-state index in [2.05, 4.69) is 0 Å². The van der Waals surface area contributed by atoms with Crippen LogP contribution in [0.15, 0.2) is 41.3 Å². The van der Waals surface area contributed by atoms with Gasteiger partial charge in [-0.2, -0.15) is 8.42 Å². The van der Waals surface area contributed by atoms with Gasteiger partial charge in [-0.15, -0.1) is 0 Å². The standard InChI is InChI=1S/C15H14O5S.Na.H/c1-9-8-13(16)10(2)7-12(9)15(17)11-5-3-4-6-14(11)21(18,19)20;;/h3-8,16H,1-2H3,(H,18,19,20);;/q;+1;-1. The number of rotatable bonds is 3. The number of carbonyl (C=O) groups is 1. The van der Waals surface area contributed by atoms with E-state index in [1.807, 2.05) is 0 Å². The monoisotopic (exact) mass is 330 g/mol. The molecule has 0 spiro atoms. The summed E-state index contributed by atoms with van der Waals surface area (Å²) < 4.78 is 31.9. The summed E-state index contributed by atoms with van der Waals surface area (Å²) in [5, 5.41) is 9.61. The maximum atomic E-state index is 12.5. The zero-order chi connectivity index (χ0) is 15.8. The van der Waals surface area contributed by atoms with Gasteiger partial charge >= 0.3 is 29.6 Å². The largest absolute Gasteiger partial charge is 1.00 e. The van der Waals surface area contributed by atoms with Gasteiger partial charge in [0.05, 0.1) is 0 Å². The first kappa shape index (κ1) is 18.9. The van der Waals surface area contributed by atoms with Gasteiger partial charge in [0, 0.05) is 11.1 Å². The maximum Gasteiger partial charge on any atom is 1.00 e. The minimum absolute atomic E-state index is 0. The van der Waals surface area contributed by atoms with Crippen LogP contribution in [-0.4, -0.2) is 23.9 Å². The van der Waals surface area contributed by atoms with Gasteiger partial charge in [0.15, 0.2) is 5.78 Å². The average Bonchev–Trinajstić information content (AvgIpc) is 2.41. The molecule has 22 heavy (non-hydrogen) atoms. The van der Waals surface area contributed by atoms with E-state index >= 15 is 0 Å². The van der Waals surface area contributed by atoms with Crippen LogP contribution in [0.3, 0.4) is 0 Å². The van der Waals surface area contributed by atoms with Crippen LogP contribution in [0.2, 0.25) is 0 Å². The molecule has 0 saturated carbocycles. The molecule has 0 bridgehead atoms. The Bertz CT molecular complexity index is 834. The van der Waals surface area contributed by atoms with Crippen LogP contribution in [0.5, 0.6) is 5.75 Å². The molecule has 0 aliphatic heterocycles. The van der Waals surface area contributed by atoms with Crippen molar-refractivity contribution >= 4 is 15.9 Å². The number of hydrogen-bond donors (Lipinski definition) is 2. The molecule has 0 saturated heterocycles. The predicted octanol–water partition coefficient (Wildman–Crippen LogP) is -0.397. The van der Waals surface area contributed by atoms with Gasteiger partial charge in [0.1, 0.15) is 10.6 Å². The Balaban J connectivity index is 0.00000242. The normalized spacial score (nSPS) is 10.9. The second kappa shape index (κ2) is 6.93. The van der Waals surface area contributed by atoms with E-state index in [9.17, 15) is 22.9 Å². The fourth-order valence-corrected chi connectivity index (χ4v) is 2.76. The van der Waals surface area contributed by atoms with Gasteiger partial charge < -0.3 is 6.53 Å². The minimum Gasteiger partial charge on any atom is -1.00 e. The Morgan fingerprint density at radius 2 is 1.64 bits per heavy atom. The number of benzene rings is 2. The van der Waals surface area contributed by atoms with Crippen LogP contribution in [0.4, 0.5) is 0 Å². The molecule has 2 N–H and O–H groups in total. The summed E-state index contributed by atoms with van der Waals surface area (Å²) in [6.07, 6.45) is 0. The van der Waals surface area contributed by atoms with Crippen molar-refractivity contribution < 1.29 is 53.9 Å². The van der Waals surface area contributed by atoms with Gasteiger partial charge in [0.25, 0.3) is 10.1 Å². The van der Waals surface area contributed by atoms with Crippen molar-refractivity contribution in [2.75, 3.05) is 0 Å². The Morgan fingerprint density at radius 1 is 1.05 bits per heavy atom. The van der Waals surface area contributed by atoms with Gasteiger partial charge in [0.2, 0.25) is 0 Å². The van der Waals surface area contributed by atoms with E-state index in [1.165, 1.54) is 36.4 Å². The van der Waals surface area contributed by atoms with E-state index < -0.39 is 20.8 Å². The summed E-state index contributed by atoms with van der Waals surface area (Å²) in [5.41, 5.74) is 1.20. The van der Waals surface area contributed by atoms with Crippen LogP contribution in [0.1, 0.15) is 28.5 Å². The number of aromatic hydroxyl groups is 1. The second-order valence-electron chi connectivity index (χ2n) is 4.75. The van der Waals surface area contributed by atoms with Crippen molar-refractivity contribution in [1.29, 1.82) is 0 Å². The Kier molecular flexibility index (Phi) is 5.95. The molecule has 0 fully saturated rings. The number of carbonyl (C=O) groups excluding carboxylic acids is 1. The topological polar surface area (TPSA) is 91.7 Å². The molecule has 0 unspecified atom stereocenters. The number of aryl methyl sites for hydroxylation is 2. The van der Waals surface area contributed by atoms with E-state index in [0.717, 1.165) is 0 Å². The molecule has 112 valence electrons. The molecule has 0 amide bonds. The molecule has 2 aromatic carbocycles. The third-order valence-corrected chi connectivity index (χ3v) is 4.11. The molecule has 7 heteroatoms. The van der Waals surface area contributed by atoms with Crippen molar-refractivity contribution in [2.45, 2.75) is 18.7 Å². The van der Waals surface area contributed by atoms with Crippen LogP contribution in [-0.2, 0) is 10.1 Å². The molecule has 0 heterocycles. The summed E-state index contributed by atoms with van der Waals surface area (Å²) in [5.74, 6) is -0.462. The predicted molar refractivity (Wildman–Crippen MR) is 78.4 cm³/mol. The molecule has 0 aliphatic carbocycles. The number of hydrogen-bond acceptors (Lipinski definition) is 4. The number of phenolic OH excluding ortho intramolecular Hbond substituents is 1. The molecule has 0 radical (unpaired) electrons. The third-order valence-electron chi connectivity index (χ3n) is 3.20. The van der Waals surface area contributed by atoms with Crippen molar-refractivity contribution in [3.63, 3.8) is 0 Å². The summed E-state index contributed by atoms with van der Waals surface area (Å²) in [7, 11) is -4.49. The fraction of sp³-hybridized carbons (Fsp3) is 0.133. The van der Waals surface area contributed by atoms with E-state index in [1.54, 1.807) is 13.8 Å². The quantitative estimate of drug-likeness (QED) is 0.454. The first-order valence-electron chi connectivity index (χ1n) is 6.13. The van der Waals surface area contributed by atoms with Crippen LogP contribution in [0, 0.1) is 13.8 Å². The summed E-state index contributed by atoms with van der Waals surface area (Å²) in [6.45, 7) is 3.28. The summed E-state index contributed by atoms with van der Waals surface area (Å²) in [4.78, 5) is 12.1. The van der Waals surface area contributed by atoms with E-state index in [0.29, 0.717) is 11.1 Å². The third kappa shape index (κ3) is 3.77. The Labute approximate surface area is 152 Å². The van der Waals surface area contributed by atoms with Gasteiger partial charge in [-0.25, -0.2) is 0 Å². The SMILES string of the molecule is Cc1cc(C(=O)c2ccccc2S(=O)(=O)O)c(C)cc1O.[H-].[Na+]. The molecule has 0 aromatic heterocycles. The van der Waals surface area contributed by atoms with E-state index in [-0.39, 0.29) is 47.9 Å². The molecular weight excluding hydrogens is 315 g/mol. The van der Waals surface area contributed by atoms with Crippen LogP contribution >= 0.6 is 0 Å². The molecule has 2 rings (SSSR count). The molecule has 2 aromatic rings.